The van der Waals surface area contributed by atoms with E-state index in [0.29, 0.717) is 30.6 Å². The van der Waals surface area contributed by atoms with Gasteiger partial charge in [-0.25, -0.2) is 0 Å². The molecule has 130 valence electrons. The van der Waals surface area contributed by atoms with Crippen LogP contribution in [0.1, 0.15) is 79.8 Å². The Balaban J connectivity index is 1.69. The van der Waals surface area contributed by atoms with Crippen molar-refractivity contribution >= 4 is 5.91 Å². The third-order valence-electron chi connectivity index (χ3n) is 4.72. The van der Waals surface area contributed by atoms with Gasteiger partial charge < -0.3 is 13.9 Å². The van der Waals surface area contributed by atoms with E-state index in [1.54, 1.807) is 11.0 Å². The molecule has 3 rings (SSSR count). The molecule has 1 saturated heterocycles. The molecule has 0 spiro atoms. The largest absolute Gasteiger partial charge is 0.351 e. The predicted octanol–water partition coefficient (Wildman–Crippen LogP) is 3.15. The minimum Gasteiger partial charge on any atom is -0.351 e. The maximum Gasteiger partial charge on any atom is 0.292 e. The SMILES string of the molecule is CCc1nc([C@@H]2CCCN(C(=O)c3cc([C@@H](C)CC)no3)C2)no1. The van der Waals surface area contributed by atoms with Crippen LogP contribution in [0, 0.1) is 0 Å². The van der Waals surface area contributed by atoms with Gasteiger partial charge in [-0.05, 0) is 19.3 Å². The van der Waals surface area contributed by atoms with Crippen LogP contribution in [-0.2, 0) is 6.42 Å². The Labute approximate surface area is 141 Å². The lowest BCUT2D eigenvalue weighted by Gasteiger charge is -2.30. The van der Waals surface area contributed by atoms with E-state index >= 15 is 0 Å². The Hall–Kier alpha value is -2.18. The second-order valence-electron chi connectivity index (χ2n) is 6.42. The van der Waals surface area contributed by atoms with E-state index in [1.165, 1.54) is 0 Å². The third kappa shape index (κ3) is 3.34. The second-order valence-corrected chi connectivity index (χ2v) is 6.42. The van der Waals surface area contributed by atoms with Crippen LogP contribution in [0.4, 0.5) is 0 Å². The highest BCUT2D eigenvalue weighted by molar-refractivity contribution is 5.91. The first-order valence-corrected chi connectivity index (χ1v) is 8.70. The van der Waals surface area contributed by atoms with Gasteiger partial charge in [-0.3, -0.25) is 4.79 Å². The molecular weight excluding hydrogens is 308 g/mol. The summed E-state index contributed by atoms with van der Waals surface area (Å²) >= 11 is 0. The van der Waals surface area contributed by atoms with Gasteiger partial charge in [-0.2, -0.15) is 4.98 Å². The number of aromatic nitrogens is 3. The molecule has 2 aromatic rings. The fourth-order valence-corrected chi connectivity index (χ4v) is 2.94. The molecular formula is C17H24N4O3. The molecule has 3 heterocycles. The zero-order valence-corrected chi connectivity index (χ0v) is 14.5. The van der Waals surface area contributed by atoms with Crippen LogP contribution in [0.15, 0.2) is 15.1 Å². The number of piperidine rings is 1. The Morgan fingerprint density at radius 3 is 2.92 bits per heavy atom. The van der Waals surface area contributed by atoms with Crippen LogP contribution in [0.25, 0.3) is 0 Å². The van der Waals surface area contributed by atoms with Crippen molar-refractivity contribution in [1.82, 2.24) is 20.2 Å². The molecule has 0 aliphatic carbocycles. The van der Waals surface area contributed by atoms with Crippen molar-refractivity contribution in [2.75, 3.05) is 13.1 Å². The monoisotopic (exact) mass is 332 g/mol. The average Bonchev–Trinajstić information content (AvgIpc) is 3.30. The molecule has 0 aromatic carbocycles. The summed E-state index contributed by atoms with van der Waals surface area (Å²) < 4.78 is 10.5. The molecule has 0 unspecified atom stereocenters. The molecule has 0 radical (unpaired) electrons. The highest BCUT2D eigenvalue weighted by Crippen LogP contribution is 2.27. The van der Waals surface area contributed by atoms with Gasteiger partial charge >= 0.3 is 0 Å². The number of likely N-dealkylation sites (tertiary alicyclic amines) is 1. The summed E-state index contributed by atoms with van der Waals surface area (Å²) in [7, 11) is 0. The first kappa shape index (κ1) is 16.7. The summed E-state index contributed by atoms with van der Waals surface area (Å²) in [4.78, 5) is 18.9. The normalized spacial score (nSPS) is 19.5. The van der Waals surface area contributed by atoms with E-state index in [-0.39, 0.29) is 17.7 Å². The van der Waals surface area contributed by atoms with E-state index in [1.807, 2.05) is 6.92 Å². The lowest BCUT2D eigenvalue weighted by molar-refractivity contribution is 0.0661. The Morgan fingerprint density at radius 1 is 1.38 bits per heavy atom. The number of hydrogen-bond donors (Lipinski definition) is 0. The van der Waals surface area contributed by atoms with Crippen LogP contribution in [-0.4, -0.2) is 39.2 Å². The van der Waals surface area contributed by atoms with Crippen LogP contribution < -0.4 is 0 Å². The number of amides is 1. The van der Waals surface area contributed by atoms with Gasteiger partial charge in [-0.15, -0.1) is 0 Å². The van der Waals surface area contributed by atoms with Gasteiger partial charge in [-0.1, -0.05) is 31.1 Å². The molecule has 24 heavy (non-hydrogen) atoms. The van der Waals surface area contributed by atoms with E-state index in [4.69, 9.17) is 9.05 Å². The molecule has 1 amide bonds. The fourth-order valence-electron chi connectivity index (χ4n) is 2.94. The topological polar surface area (TPSA) is 85.3 Å². The van der Waals surface area contributed by atoms with Crippen LogP contribution in [0.3, 0.4) is 0 Å². The van der Waals surface area contributed by atoms with Crippen molar-refractivity contribution in [3.8, 4) is 0 Å². The first-order chi connectivity index (χ1) is 11.6. The van der Waals surface area contributed by atoms with Crippen molar-refractivity contribution in [2.24, 2.45) is 0 Å². The Kier molecular flexibility index (Phi) is 4.97. The van der Waals surface area contributed by atoms with Crippen molar-refractivity contribution in [1.29, 1.82) is 0 Å². The summed E-state index contributed by atoms with van der Waals surface area (Å²) in [5, 5.41) is 8.09. The number of carbonyl (C=O) groups excluding carboxylic acids is 1. The highest BCUT2D eigenvalue weighted by atomic mass is 16.5. The van der Waals surface area contributed by atoms with Gasteiger partial charge in [0.05, 0.1) is 5.69 Å². The molecule has 2 atom stereocenters. The summed E-state index contributed by atoms with van der Waals surface area (Å²) in [6.45, 7) is 7.44. The minimum atomic E-state index is -0.110. The zero-order valence-electron chi connectivity index (χ0n) is 14.5. The lowest BCUT2D eigenvalue weighted by Crippen LogP contribution is -2.39. The van der Waals surface area contributed by atoms with Crippen LogP contribution in [0.2, 0.25) is 0 Å². The molecule has 7 nitrogen and oxygen atoms in total. The number of nitrogens with zero attached hydrogens (tertiary/aromatic N) is 4. The van der Waals surface area contributed by atoms with Crippen molar-refractivity contribution in [3.63, 3.8) is 0 Å². The highest BCUT2D eigenvalue weighted by Gasteiger charge is 2.30. The Bertz CT molecular complexity index is 694. The number of carbonyl (C=O) groups is 1. The molecule has 1 aliphatic heterocycles. The van der Waals surface area contributed by atoms with Crippen molar-refractivity contribution in [2.45, 2.75) is 58.3 Å². The molecule has 2 aromatic heterocycles. The third-order valence-corrected chi connectivity index (χ3v) is 4.72. The van der Waals surface area contributed by atoms with Crippen LogP contribution in [0.5, 0.6) is 0 Å². The fraction of sp³-hybridized carbons (Fsp3) is 0.647. The first-order valence-electron chi connectivity index (χ1n) is 8.70. The quantitative estimate of drug-likeness (QED) is 0.836. The molecule has 1 fully saturated rings. The predicted molar refractivity (Wildman–Crippen MR) is 86.8 cm³/mol. The standard InChI is InChI=1S/C17H24N4O3/c1-4-11(3)13-9-14(23-19-13)17(22)21-8-6-7-12(10-21)16-18-15(5-2)24-20-16/h9,11-12H,4-8,10H2,1-3H3/t11-,12+/m0/s1. The summed E-state index contributed by atoms with van der Waals surface area (Å²) in [5.74, 6) is 1.94. The molecule has 1 aliphatic rings. The smallest absolute Gasteiger partial charge is 0.292 e. The van der Waals surface area contributed by atoms with Crippen molar-refractivity contribution in [3.05, 3.63) is 29.2 Å². The summed E-state index contributed by atoms with van der Waals surface area (Å²) in [5.41, 5.74) is 0.833. The maximum atomic E-state index is 12.7. The van der Waals surface area contributed by atoms with Gasteiger partial charge in [0.1, 0.15) is 0 Å². The van der Waals surface area contributed by atoms with Crippen LogP contribution >= 0.6 is 0 Å². The molecule has 7 heteroatoms. The number of aryl methyl sites for hydroxylation is 1. The Morgan fingerprint density at radius 2 is 2.21 bits per heavy atom. The number of rotatable bonds is 5. The molecule has 0 bridgehead atoms. The van der Waals surface area contributed by atoms with Gasteiger partial charge in [0.15, 0.2) is 5.82 Å². The molecule has 0 saturated carbocycles. The summed E-state index contributed by atoms with van der Waals surface area (Å²) in [6.07, 6.45) is 3.56. The molecule has 0 N–H and O–H groups in total. The maximum absolute atomic E-state index is 12.7. The van der Waals surface area contributed by atoms with Crippen molar-refractivity contribution < 1.29 is 13.8 Å². The second kappa shape index (κ2) is 7.15. The van der Waals surface area contributed by atoms with Gasteiger partial charge in [0.25, 0.3) is 5.91 Å². The van der Waals surface area contributed by atoms with Gasteiger partial charge in [0.2, 0.25) is 11.7 Å². The van der Waals surface area contributed by atoms with E-state index < -0.39 is 0 Å². The van der Waals surface area contributed by atoms with E-state index in [9.17, 15) is 4.79 Å². The minimum absolute atomic E-state index is 0.110. The zero-order chi connectivity index (χ0) is 17.1. The lowest BCUT2D eigenvalue weighted by atomic mass is 9.97. The summed E-state index contributed by atoms with van der Waals surface area (Å²) in [6, 6.07) is 1.77. The van der Waals surface area contributed by atoms with Gasteiger partial charge in [0, 0.05) is 37.4 Å². The van der Waals surface area contributed by atoms with E-state index in [0.717, 1.165) is 31.4 Å². The average molecular weight is 332 g/mol. The number of hydrogen-bond acceptors (Lipinski definition) is 6. The van der Waals surface area contributed by atoms with E-state index in [2.05, 4.69) is 29.1 Å².